The van der Waals surface area contributed by atoms with Crippen LogP contribution in [0.3, 0.4) is 0 Å². The average molecular weight is 481 g/mol. The Morgan fingerprint density at radius 1 is 1.09 bits per heavy atom. The molecule has 4 aliphatic rings. The van der Waals surface area contributed by atoms with Crippen LogP contribution < -0.4 is 0 Å². The van der Waals surface area contributed by atoms with Crippen LogP contribution in [0.5, 0.6) is 0 Å². The van der Waals surface area contributed by atoms with Gasteiger partial charge in [0.15, 0.2) is 0 Å². The van der Waals surface area contributed by atoms with E-state index in [9.17, 15) is 19.5 Å². The molecule has 8 nitrogen and oxygen atoms in total. The van der Waals surface area contributed by atoms with E-state index < -0.39 is 41.1 Å². The molecule has 8 heteroatoms. The lowest BCUT2D eigenvalue weighted by molar-refractivity contribution is -0.161. The van der Waals surface area contributed by atoms with E-state index in [1.54, 1.807) is 24.8 Å². The molecule has 0 aromatic heterocycles. The summed E-state index contributed by atoms with van der Waals surface area (Å²) in [7, 11) is 0. The number of amides is 2. The van der Waals surface area contributed by atoms with Crippen molar-refractivity contribution >= 4 is 17.8 Å². The molecule has 1 aromatic carbocycles. The first-order chi connectivity index (χ1) is 16.8. The summed E-state index contributed by atoms with van der Waals surface area (Å²) in [4.78, 5) is 44.6. The summed E-state index contributed by atoms with van der Waals surface area (Å²) in [5, 5.41) is 10.00. The maximum absolute atomic E-state index is 14.1. The van der Waals surface area contributed by atoms with Crippen molar-refractivity contribution in [2.75, 3.05) is 19.8 Å². The first kappa shape index (κ1) is 23.8. The second-order valence-corrected chi connectivity index (χ2v) is 10.1. The Bertz CT molecular complexity index is 1070. The summed E-state index contributed by atoms with van der Waals surface area (Å²) in [5.41, 5.74) is -1.48. The average Bonchev–Trinajstić information content (AvgIpc) is 3.21. The van der Waals surface area contributed by atoms with Gasteiger partial charge in [0.25, 0.3) is 0 Å². The molecule has 186 valence electrons. The number of hydrogen-bond donors (Lipinski definition) is 1. The minimum atomic E-state index is -1.34. The van der Waals surface area contributed by atoms with Gasteiger partial charge in [0.1, 0.15) is 17.6 Å². The third kappa shape index (κ3) is 3.70. The van der Waals surface area contributed by atoms with Gasteiger partial charge < -0.3 is 24.4 Å². The van der Waals surface area contributed by atoms with E-state index in [4.69, 9.17) is 9.47 Å². The van der Waals surface area contributed by atoms with Crippen molar-refractivity contribution in [3.05, 3.63) is 60.2 Å². The molecule has 0 saturated carbocycles. The number of nitrogens with zero attached hydrogens (tertiary/aromatic N) is 2. The van der Waals surface area contributed by atoms with E-state index in [1.165, 1.54) is 4.90 Å². The zero-order chi connectivity index (χ0) is 24.8. The quantitative estimate of drug-likeness (QED) is 0.522. The van der Waals surface area contributed by atoms with Crippen LogP contribution in [0.4, 0.5) is 0 Å². The highest BCUT2D eigenvalue weighted by Crippen LogP contribution is 2.57. The van der Waals surface area contributed by atoms with Crippen molar-refractivity contribution in [2.45, 2.75) is 56.5 Å². The largest absolute Gasteiger partial charge is 0.465 e. The van der Waals surface area contributed by atoms with Crippen molar-refractivity contribution in [1.82, 2.24) is 9.80 Å². The SMILES string of the molecule is C[C@H](CO)N1C(=O)[C@@H]2[C@H]3C(=O)OCCC/C=C\[C@@]3(C)O[C@@]23C=CCN(Cc2ccccc2)C(=O)C13. The van der Waals surface area contributed by atoms with Crippen molar-refractivity contribution in [3.63, 3.8) is 0 Å². The van der Waals surface area contributed by atoms with E-state index in [1.807, 2.05) is 48.6 Å². The third-order valence-corrected chi connectivity index (χ3v) is 7.73. The van der Waals surface area contributed by atoms with Crippen LogP contribution >= 0.6 is 0 Å². The molecule has 35 heavy (non-hydrogen) atoms. The molecule has 5 rings (SSSR count). The normalized spacial score (nSPS) is 36.3. The first-order valence-corrected chi connectivity index (χ1v) is 12.3. The molecule has 0 aliphatic carbocycles. The Balaban J connectivity index is 1.61. The van der Waals surface area contributed by atoms with E-state index in [2.05, 4.69) is 0 Å². The lowest BCUT2D eigenvalue weighted by Crippen LogP contribution is -2.58. The van der Waals surface area contributed by atoms with Crippen LogP contribution in [0.1, 0.15) is 32.3 Å². The molecule has 2 fully saturated rings. The summed E-state index contributed by atoms with van der Waals surface area (Å²) in [6, 6.07) is 8.03. The van der Waals surface area contributed by atoms with Crippen LogP contribution in [0.25, 0.3) is 0 Å². The van der Waals surface area contributed by atoms with Crippen molar-refractivity contribution < 1.29 is 29.0 Å². The topological polar surface area (TPSA) is 96.4 Å². The zero-order valence-electron chi connectivity index (χ0n) is 20.1. The van der Waals surface area contributed by atoms with Gasteiger partial charge in [-0.3, -0.25) is 14.4 Å². The summed E-state index contributed by atoms with van der Waals surface area (Å²) < 4.78 is 12.3. The van der Waals surface area contributed by atoms with Crippen LogP contribution in [-0.4, -0.2) is 75.7 Å². The molecule has 4 heterocycles. The minimum absolute atomic E-state index is 0.262. The number of esters is 1. The third-order valence-electron chi connectivity index (χ3n) is 7.73. The number of hydrogen-bond acceptors (Lipinski definition) is 6. The van der Waals surface area contributed by atoms with E-state index in [-0.39, 0.29) is 25.0 Å². The number of likely N-dealkylation sites (tertiary alicyclic amines) is 1. The maximum Gasteiger partial charge on any atom is 0.313 e. The number of aliphatic hydroxyl groups is 1. The van der Waals surface area contributed by atoms with Gasteiger partial charge in [-0.05, 0) is 32.3 Å². The summed E-state index contributed by atoms with van der Waals surface area (Å²) in [5.74, 6) is -2.95. The molecule has 6 atom stereocenters. The van der Waals surface area contributed by atoms with Gasteiger partial charge in [0, 0.05) is 13.1 Å². The monoisotopic (exact) mass is 480 g/mol. The van der Waals surface area contributed by atoms with Crippen molar-refractivity contribution in [1.29, 1.82) is 0 Å². The number of benzene rings is 1. The molecule has 2 amide bonds. The Hall–Kier alpha value is -2.97. The summed E-state index contributed by atoms with van der Waals surface area (Å²) >= 11 is 0. The second kappa shape index (κ2) is 8.91. The van der Waals surface area contributed by atoms with Gasteiger partial charge in [-0.2, -0.15) is 0 Å². The molecule has 0 bridgehead atoms. The Morgan fingerprint density at radius 2 is 1.86 bits per heavy atom. The number of carbonyl (C=O) groups is 3. The second-order valence-electron chi connectivity index (χ2n) is 10.1. The fraction of sp³-hybridized carbons (Fsp3) is 0.519. The van der Waals surface area contributed by atoms with E-state index in [0.29, 0.717) is 19.5 Å². The number of cyclic esters (lactones) is 1. The summed E-state index contributed by atoms with van der Waals surface area (Å²) in [6.07, 6.45) is 8.89. The van der Waals surface area contributed by atoms with Crippen LogP contribution in [0, 0.1) is 11.8 Å². The smallest absolute Gasteiger partial charge is 0.313 e. The number of rotatable bonds is 4. The number of carbonyl (C=O) groups excluding carboxylic acids is 3. The highest BCUT2D eigenvalue weighted by molar-refractivity contribution is 5.99. The van der Waals surface area contributed by atoms with Gasteiger partial charge in [-0.1, -0.05) is 54.6 Å². The fourth-order valence-electron chi connectivity index (χ4n) is 6.13. The Kier molecular flexibility index (Phi) is 6.05. The molecule has 0 radical (unpaired) electrons. The van der Waals surface area contributed by atoms with Gasteiger partial charge in [0.2, 0.25) is 11.8 Å². The fourth-order valence-corrected chi connectivity index (χ4v) is 6.13. The van der Waals surface area contributed by atoms with Gasteiger partial charge >= 0.3 is 5.97 Å². The lowest BCUT2D eigenvalue weighted by Gasteiger charge is -2.39. The van der Waals surface area contributed by atoms with Crippen LogP contribution in [-0.2, 0) is 30.4 Å². The number of ether oxygens (including phenoxy) is 2. The van der Waals surface area contributed by atoms with E-state index in [0.717, 1.165) is 12.0 Å². The molecule has 1 unspecified atom stereocenters. The molecular formula is C27H32N2O6. The number of aliphatic hydroxyl groups excluding tert-OH is 1. The lowest BCUT2D eigenvalue weighted by atomic mass is 9.74. The van der Waals surface area contributed by atoms with Gasteiger partial charge in [-0.15, -0.1) is 0 Å². The van der Waals surface area contributed by atoms with Crippen molar-refractivity contribution in [3.8, 4) is 0 Å². The number of fused-ring (bicyclic) bond motifs is 2. The molecular weight excluding hydrogens is 448 g/mol. The maximum atomic E-state index is 14.1. The van der Waals surface area contributed by atoms with Gasteiger partial charge in [0.05, 0.1) is 30.8 Å². The van der Waals surface area contributed by atoms with Crippen molar-refractivity contribution in [2.24, 2.45) is 11.8 Å². The number of allylic oxidation sites excluding steroid dienone is 1. The predicted octanol–water partition coefficient (Wildman–Crippen LogP) is 1.83. The highest BCUT2D eigenvalue weighted by atomic mass is 16.6. The van der Waals surface area contributed by atoms with Crippen LogP contribution in [0.15, 0.2) is 54.6 Å². The molecule has 1 spiro atoms. The highest BCUT2D eigenvalue weighted by Gasteiger charge is 2.75. The molecule has 4 aliphatic heterocycles. The summed E-state index contributed by atoms with van der Waals surface area (Å²) in [6.45, 7) is 4.18. The molecule has 1 aromatic rings. The molecule has 2 saturated heterocycles. The van der Waals surface area contributed by atoms with E-state index >= 15 is 0 Å². The Morgan fingerprint density at radius 3 is 2.60 bits per heavy atom. The molecule has 1 N–H and O–H groups in total. The predicted molar refractivity (Wildman–Crippen MR) is 127 cm³/mol. The van der Waals surface area contributed by atoms with Crippen LogP contribution in [0.2, 0.25) is 0 Å². The first-order valence-electron chi connectivity index (χ1n) is 12.3. The zero-order valence-corrected chi connectivity index (χ0v) is 20.1. The Labute approximate surface area is 205 Å². The standard InChI is InChI=1S/C27H32N2O6/c1-18(17-30)29-22-24(32)28(16-19-10-5-3-6-11-19)14-9-13-27(22)20(23(29)31)21-25(33)34-15-8-4-7-12-26(21,2)35-27/h3,5-7,9-13,18,20-22,30H,4,8,14-17H2,1-2H3/b12-7-/t18-,20+,21+,22?,26-,27+/m1/s1. The minimum Gasteiger partial charge on any atom is -0.465 e. The van der Waals surface area contributed by atoms with Gasteiger partial charge in [-0.25, -0.2) is 0 Å².